The van der Waals surface area contributed by atoms with Crippen LogP contribution in [0.25, 0.3) is 22.0 Å². The van der Waals surface area contributed by atoms with Crippen LogP contribution in [-0.2, 0) is 7.05 Å². The summed E-state index contributed by atoms with van der Waals surface area (Å²) in [5.41, 5.74) is 1.98. The van der Waals surface area contributed by atoms with Crippen molar-refractivity contribution in [2.24, 2.45) is 7.05 Å². The fourth-order valence-electron chi connectivity index (χ4n) is 2.35. The van der Waals surface area contributed by atoms with Crippen molar-refractivity contribution in [2.75, 3.05) is 0 Å². The molecular weight excluding hydrogens is 321 g/mol. The van der Waals surface area contributed by atoms with Crippen LogP contribution in [0.1, 0.15) is 5.56 Å². The van der Waals surface area contributed by atoms with Crippen molar-refractivity contribution in [1.29, 1.82) is 5.26 Å². The SMILES string of the molecule is Cn1ncc(Br)c1-c1ccc2c(F)cccc2c1C#N. The third kappa shape index (κ3) is 1.81. The number of nitrogens with zero attached hydrogens (tertiary/aromatic N) is 3. The number of hydrogen-bond donors (Lipinski definition) is 0. The first-order chi connectivity index (χ1) is 9.63. The summed E-state index contributed by atoms with van der Waals surface area (Å²) in [5, 5.41) is 14.7. The molecule has 98 valence electrons. The Hall–Kier alpha value is -2.19. The summed E-state index contributed by atoms with van der Waals surface area (Å²) in [5.74, 6) is -0.324. The van der Waals surface area contributed by atoms with Gasteiger partial charge in [-0.3, -0.25) is 4.68 Å². The molecule has 0 fully saturated rings. The van der Waals surface area contributed by atoms with Crippen LogP contribution in [0.15, 0.2) is 41.0 Å². The van der Waals surface area contributed by atoms with Crippen molar-refractivity contribution >= 4 is 26.7 Å². The molecule has 3 rings (SSSR count). The summed E-state index contributed by atoms with van der Waals surface area (Å²) in [7, 11) is 1.80. The Morgan fingerprint density at radius 3 is 2.70 bits per heavy atom. The third-order valence-corrected chi connectivity index (χ3v) is 3.85. The smallest absolute Gasteiger partial charge is 0.131 e. The summed E-state index contributed by atoms with van der Waals surface area (Å²) >= 11 is 3.43. The molecule has 2 aromatic carbocycles. The summed E-state index contributed by atoms with van der Waals surface area (Å²) in [6.45, 7) is 0. The number of nitriles is 1. The highest BCUT2D eigenvalue weighted by molar-refractivity contribution is 9.10. The molecule has 0 spiro atoms. The molecule has 0 amide bonds. The van der Waals surface area contributed by atoms with Crippen molar-refractivity contribution in [3.63, 3.8) is 0 Å². The Morgan fingerprint density at radius 2 is 2.05 bits per heavy atom. The molecule has 20 heavy (non-hydrogen) atoms. The van der Waals surface area contributed by atoms with E-state index in [1.807, 2.05) is 0 Å². The lowest BCUT2D eigenvalue weighted by Crippen LogP contribution is -1.97. The second-order valence-electron chi connectivity index (χ2n) is 4.40. The normalized spacial score (nSPS) is 10.7. The van der Waals surface area contributed by atoms with Gasteiger partial charge in [-0.05, 0) is 22.0 Å². The first kappa shape index (κ1) is 12.8. The number of fused-ring (bicyclic) bond motifs is 1. The van der Waals surface area contributed by atoms with Crippen molar-refractivity contribution in [3.8, 4) is 17.3 Å². The van der Waals surface area contributed by atoms with E-state index in [2.05, 4.69) is 27.1 Å². The maximum Gasteiger partial charge on any atom is 0.131 e. The van der Waals surface area contributed by atoms with E-state index < -0.39 is 0 Å². The van der Waals surface area contributed by atoms with Gasteiger partial charge in [-0.25, -0.2) is 4.39 Å². The number of halogens is 2. The number of benzene rings is 2. The fraction of sp³-hybridized carbons (Fsp3) is 0.0667. The van der Waals surface area contributed by atoms with E-state index >= 15 is 0 Å². The minimum absolute atomic E-state index is 0.324. The van der Waals surface area contributed by atoms with Gasteiger partial charge in [0.2, 0.25) is 0 Å². The standard InChI is InChI=1S/C15H9BrFN3/c1-20-15(13(16)8-19-20)11-6-5-10-9(12(11)7-18)3-2-4-14(10)17/h2-6,8H,1H3. The fourth-order valence-corrected chi connectivity index (χ4v) is 2.91. The monoisotopic (exact) mass is 329 g/mol. The van der Waals surface area contributed by atoms with Gasteiger partial charge >= 0.3 is 0 Å². The van der Waals surface area contributed by atoms with Gasteiger partial charge in [0.25, 0.3) is 0 Å². The summed E-state index contributed by atoms with van der Waals surface area (Å²) in [4.78, 5) is 0. The Kier molecular flexibility index (Phi) is 3.03. The molecule has 0 atom stereocenters. The molecule has 5 heteroatoms. The highest BCUT2D eigenvalue weighted by Crippen LogP contribution is 2.34. The minimum Gasteiger partial charge on any atom is -0.267 e. The molecule has 0 unspecified atom stereocenters. The molecule has 0 bridgehead atoms. The summed E-state index contributed by atoms with van der Waals surface area (Å²) in [6, 6.07) is 10.4. The Labute approximate surface area is 123 Å². The lowest BCUT2D eigenvalue weighted by atomic mass is 9.97. The highest BCUT2D eigenvalue weighted by atomic mass is 79.9. The van der Waals surface area contributed by atoms with Gasteiger partial charge < -0.3 is 0 Å². The molecule has 3 aromatic rings. The Balaban J connectivity index is 2.42. The molecule has 0 saturated carbocycles. The summed E-state index contributed by atoms with van der Waals surface area (Å²) < 4.78 is 16.3. The van der Waals surface area contributed by atoms with Gasteiger partial charge in [0.15, 0.2) is 0 Å². The molecule has 0 N–H and O–H groups in total. The first-order valence-corrected chi connectivity index (χ1v) is 6.72. The largest absolute Gasteiger partial charge is 0.267 e. The molecule has 1 heterocycles. The van der Waals surface area contributed by atoms with Crippen LogP contribution in [0.2, 0.25) is 0 Å². The van der Waals surface area contributed by atoms with Crippen molar-refractivity contribution in [2.45, 2.75) is 0 Å². The highest BCUT2D eigenvalue weighted by Gasteiger charge is 2.16. The van der Waals surface area contributed by atoms with Gasteiger partial charge in [0.1, 0.15) is 11.9 Å². The van der Waals surface area contributed by atoms with Crippen LogP contribution < -0.4 is 0 Å². The molecule has 0 aliphatic carbocycles. The molecule has 0 aliphatic rings. The maximum atomic E-state index is 13.8. The average molecular weight is 330 g/mol. The van der Waals surface area contributed by atoms with Crippen LogP contribution in [0.4, 0.5) is 4.39 Å². The van der Waals surface area contributed by atoms with Gasteiger partial charge in [-0.2, -0.15) is 10.4 Å². The zero-order valence-electron chi connectivity index (χ0n) is 10.6. The topological polar surface area (TPSA) is 41.6 Å². The van der Waals surface area contributed by atoms with Gasteiger partial charge in [0.05, 0.1) is 21.9 Å². The van der Waals surface area contributed by atoms with Gasteiger partial charge in [-0.15, -0.1) is 0 Å². The van der Waals surface area contributed by atoms with Crippen LogP contribution in [0, 0.1) is 17.1 Å². The van der Waals surface area contributed by atoms with Gasteiger partial charge in [0, 0.05) is 23.4 Å². The van der Waals surface area contributed by atoms with Crippen molar-refractivity contribution < 1.29 is 4.39 Å². The minimum atomic E-state index is -0.324. The molecule has 3 nitrogen and oxygen atoms in total. The van der Waals surface area contributed by atoms with E-state index in [9.17, 15) is 9.65 Å². The van der Waals surface area contributed by atoms with Crippen molar-refractivity contribution in [3.05, 3.63) is 52.4 Å². The maximum absolute atomic E-state index is 13.8. The molecule has 0 radical (unpaired) electrons. The van der Waals surface area contributed by atoms with E-state index in [1.54, 1.807) is 42.2 Å². The quantitative estimate of drug-likeness (QED) is 0.676. The lowest BCUT2D eigenvalue weighted by Gasteiger charge is -2.09. The number of rotatable bonds is 1. The van der Waals surface area contributed by atoms with E-state index in [-0.39, 0.29) is 5.82 Å². The summed E-state index contributed by atoms with van der Waals surface area (Å²) in [6.07, 6.45) is 1.67. The molecular formula is C15H9BrFN3. The molecule has 0 saturated heterocycles. The van der Waals surface area contributed by atoms with Crippen LogP contribution in [-0.4, -0.2) is 9.78 Å². The van der Waals surface area contributed by atoms with E-state index in [0.29, 0.717) is 16.3 Å². The zero-order valence-corrected chi connectivity index (χ0v) is 12.1. The second kappa shape index (κ2) is 4.73. The van der Waals surface area contributed by atoms with Crippen molar-refractivity contribution in [1.82, 2.24) is 9.78 Å². The van der Waals surface area contributed by atoms with Crippen LogP contribution in [0.5, 0.6) is 0 Å². The predicted molar refractivity (Wildman–Crippen MR) is 78.5 cm³/mol. The molecule has 1 aromatic heterocycles. The number of hydrogen-bond acceptors (Lipinski definition) is 2. The average Bonchev–Trinajstić information content (AvgIpc) is 2.77. The predicted octanol–water partition coefficient (Wildman–Crippen LogP) is 4.01. The van der Waals surface area contributed by atoms with E-state index in [0.717, 1.165) is 15.7 Å². The number of aryl methyl sites for hydroxylation is 1. The third-order valence-electron chi connectivity index (χ3n) is 3.27. The molecule has 0 aliphatic heterocycles. The zero-order chi connectivity index (χ0) is 14.3. The first-order valence-electron chi connectivity index (χ1n) is 5.92. The Morgan fingerprint density at radius 1 is 1.25 bits per heavy atom. The van der Waals surface area contributed by atoms with Crippen LogP contribution >= 0.6 is 15.9 Å². The number of aromatic nitrogens is 2. The van der Waals surface area contributed by atoms with E-state index in [1.165, 1.54) is 6.07 Å². The van der Waals surface area contributed by atoms with Crippen LogP contribution in [0.3, 0.4) is 0 Å². The van der Waals surface area contributed by atoms with Gasteiger partial charge in [-0.1, -0.05) is 24.3 Å². The van der Waals surface area contributed by atoms with E-state index in [4.69, 9.17) is 0 Å². The lowest BCUT2D eigenvalue weighted by molar-refractivity contribution is 0.640. The second-order valence-corrected chi connectivity index (χ2v) is 5.25. The Bertz CT molecular complexity index is 842.